The third kappa shape index (κ3) is 3.66. The standard InChI is InChI=1S/C17H24ClN3/c1-5-19-16(17-15(18)11-20-21(17)6-2)10-14-8-7-12(3)13(4)9-14/h7-9,11,16,19H,5-6,10H2,1-4H3. The number of hydrogen-bond donors (Lipinski definition) is 1. The number of nitrogens with one attached hydrogen (secondary N) is 1. The lowest BCUT2D eigenvalue weighted by atomic mass is 9.99. The maximum Gasteiger partial charge on any atom is 0.0834 e. The monoisotopic (exact) mass is 305 g/mol. The third-order valence-corrected chi connectivity index (χ3v) is 4.22. The molecule has 21 heavy (non-hydrogen) atoms. The van der Waals surface area contributed by atoms with Gasteiger partial charge >= 0.3 is 0 Å². The van der Waals surface area contributed by atoms with Gasteiger partial charge in [-0.3, -0.25) is 4.68 Å². The highest BCUT2D eigenvalue weighted by Crippen LogP contribution is 2.26. The van der Waals surface area contributed by atoms with Crippen LogP contribution in [0.2, 0.25) is 5.02 Å². The highest BCUT2D eigenvalue weighted by molar-refractivity contribution is 6.31. The van der Waals surface area contributed by atoms with Crippen LogP contribution in [0.25, 0.3) is 0 Å². The summed E-state index contributed by atoms with van der Waals surface area (Å²) < 4.78 is 1.98. The fourth-order valence-electron chi connectivity index (χ4n) is 2.65. The first-order valence-corrected chi connectivity index (χ1v) is 7.95. The summed E-state index contributed by atoms with van der Waals surface area (Å²) in [6, 6.07) is 6.84. The molecule has 2 rings (SSSR count). The van der Waals surface area contributed by atoms with Crippen LogP contribution in [0.5, 0.6) is 0 Å². The van der Waals surface area contributed by atoms with Crippen molar-refractivity contribution < 1.29 is 0 Å². The van der Waals surface area contributed by atoms with Crippen LogP contribution in [0.15, 0.2) is 24.4 Å². The Morgan fingerprint density at radius 3 is 2.62 bits per heavy atom. The van der Waals surface area contributed by atoms with Gasteiger partial charge in [-0.15, -0.1) is 0 Å². The molecule has 1 heterocycles. The zero-order valence-electron chi connectivity index (χ0n) is 13.3. The van der Waals surface area contributed by atoms with E-state index >= 15 is 0 Å². The zero-order chi connectivity index (χ0) is 15.4. The minimum absolute atomic E-state index is 0.187. The highest BCUT2D eigenvalue weighted by Gasteiger charge is 2.19. The lowest BCUT2D eigenvalue weighted by Gasteiger charge is -2.20. The molecule has 0 fully saturated rings. The van der Waals surface area contributed by atoms with Crippen LogP contribution in [0.3, 0.4) is 0 Å². The number of halogens is 1. The van der Waals surface area contributed by atoms with Crippen LogP contribution in [-0.2, 0) is 13.0 Å². The van der Waals surface area contributed by atoms with E-state index in [0.717, 1.165) is 30.2 Å². The van der Waals surface area contributed by atoms with Crippen molar-refractivity contribution in [2.45, 2.75) is 46.7 Å². The molecule has 1 unspecified atom stereocenters. The summed E-state index contributed by atoms with van der Waals surface area (Å²) in [6.45, 7) is 10.2. The van der Waals surface area contributed by atoms with Gasteiger partial charge in [-0.25, -0.2) is 0 Å². The summed E-state index contributed by atoms with van der Waals surface area (Å²) in [4.78, 5) is 0. The molecule has 0 spiro atoms. The normalized spacial score (nSPS) is 12.6. The topological polar surface area (TPSA) is 29.9 Å². The number of benzene rings is 1. The summed E-state index contributed by atoms with van der Waals surface area (Å²) >= 11 is 6.35. The lowest BCUT2D eigenvalue weighted by molar-refractivity contribution is 0.490. The van der Waals surface area contributed by atoms with Gasteiger partial charge in [0.2, 0.25) is 0 Å². The van der Waals surface area contributed by atoms with Crippen LogP contribution in [0.4, 0.5) is 0 Å². The molecule has 0 aliphatic heterocycles. The van der Waals surface area contributed by atoms with E-state index in [4.69, 9.17) is 11.6 Å². The van der Waals surface area contributed by atoms with E-state index in [1.807, 2.05) is 4.68 Å². The Hall–Kier alpha value is -1.32. The predicted octanol–water partition coefficient (Wildman–Crippen LogP) is 4.07. The maximum atomic E-state index is 6.35. The van der Waals surface area contributed by atoms with Crippen molar-refractivity contribution in [2.24, 2.45) is 0 Å². The first-order valence-electron chi connectivity index (χ1n) is 7.57. The highest BCUT2D eigenvalue weighted by atomic mass is 35.5. The minimum Gasteiger partial charge on any atom is -0.309 e. The smallest absolute Gasteiger partial charge is 0.0834 e. The van der Waals surface area contributed by atoms with Crippen molar-refractivity contribution in [3.8, 4) is 0 Å². The second-order valence-electron chi connectivity index (χ2n) is 5.43. The van der Waals surface area contributed by atoms with Gasteiger partial charge in [0, 0.05) is 6.54 Å². The number of likely N-dealkylation sites (N-methyl/N-ethyl adjacent to an activating group) is 1. The minimum atomic E-state index is 0.187. The molecule has 2 aromatic rings. The molecule has 114 valence electrons. The van der Waals surface area contributed by atoms with Gasteiger partial charge in [0.25, 0.3) is 0 Å². The predicted molar refractivity (Wildman–Crippen MR) is 88.9 cm³/mol. The summed E-state index contributed by atoms with van der Waals surface area (Å²) in [5.41, 5.74) is 5.07. The Morgan fingerprint density at radius 2 is 2.00 bits per heavy atom. The van der Waals surface area contributed by atoms with E-state index in [9.17, 15) is 0 Å². The molecule has 0 radical (unpaired) electrons. The van der Waals surface area contributed by atoms with Crippen molar-refractivity contribution in [2.75, 3.05) is 6.54 Å². The fraction of sp³-hybridized carbons (Fsp3) is 0.471. The number of nitrogens with zero attached hydrogens (tertiary/aromatic N) is 2. The molecule has 0 saturated heterocycles. The number of aryl methyl sites for hydroxylation is 3. The van der Waals surface area contributed by atoms with Crippen LogP contribution in [0, 0.1) is 13.8 Å². The molecule has 0 aliphatic rings. The van der Waals surface area contributed by atoms with E-state index in [-0.39, 0.29) is 6.04 Å². The maximum absolute atomic E-state index is 6.35. The van der Waals surface area contributed by atoms with Crippen LogP contribution >= 0.6 is 11.6 Å². The molecule has 1 aromatic heterocycles. The van der Waals surface area contributed by atoms with Crippen molar-refractivity contribution in [1.29, 1.82) is 0 Å². The molecule has 0 aliphatic carbocycles. The van der Waals surface area contributed by atoms with Crippen molar-refractivity contribution in [3.63, 3.8) is 0 Å². The Labute approximate surface area is 132 Å². The van der Waals surface area contributed by atoms with Crippen molar-refractivity contribution in [1.82, 2.24) is 15.1 Å². The van der Waals surface area contributed by atoms with Crippen LogP contribution in [-0.4, -0.2) is 16.3 Å². The molecule has 1 atom stereocenters. The molecule has 4 heteroatoms. The number of hydrogen-bond acceptors (Lipinski definition) is 2. The van der Waals surface area contributed by atoms with E-state index in [1.54, 1.807) is 6.20 Å². The van der Waals surface area contributed by atoms with E-state index in [1.165, 1.54) is 16.7 Å². The fourth-order valence-corrected chi connectivity index (χ4v) is 2.92. The largest absolute Gasteiger partial charge is 0.309 e. The molecule has 3 nitrogen and oxygen atoms in total. The first kappa shape index (κ1) is 16.1. The van der Waals surface area contributed by atoms with Gasteiger partial charge in [-0.1, -0.05) is 36.7 Å². The number of aromatic nitrogens is 2. The zero-order valence-corrected chi connectivity index (χ0v) is 14.0. The SMILES string of the molecule is CCNC(Cc1ccc(C)c(C)c1)c1c(Cl)cnn1CC. The second-order valence-corrected chi connectivity index (χ2v) is 5.83. The average molecular weight is 306 g/mol. The van der Waals surface area contributed by atoms with Gasteiger partial charge in [-0.2, -0.15) is 5.10 Å². The summed E-state index contributed by atoms with van der Waals surface area (Å²) in [6.07, 6.45) is 2.66. The summed E-state index contributed by atoms with van der Waals surface area (Å²) in [5.74, 6) is 0. The van der Waals surface area contributed by atoms with Crippen molar-refractivity contribution in [3.05, 3.63) is 51.8 Å². The molecule has 1 aromatic carbocycles. The summed E-state index contributed by atoms with van der Waals surface area (Å²) in [5, 5.41) is 8.64. The quantitative estimate of drug-likeness (QED) is 0.872. The molecule has 1 N–H and O–H groups in total. The van der Waals surface area contributed by atoms with Gasteiger partial charge in [0.15, 0.2) is 0 Å². The van der Waals surface area contributed by atoms with Gasteiger partial charge < -0.3 is 5.32 Å². The Balaban J connectivity index is 2.30. The van der Waals surface area contributed by atoms with Crippen LogP contribution < -0.4 is 5.32 Å². The average Bonchev–Trinajstić information content (AvgIpc) is 2.83. The van der Waals surface area contributed by atoms with E-state index in [0.29, 0.717) is 0 Å². The second kappa shape index (κ2) is 7.10. The van der Waals surface area contributed by atoms with Gasteiger partial charge in [-0.05, 0) is 50.4 Å². The van der Waals surface area contributed by atoms with E-state index < -0.39 is 0 Å². The first-order chi connectivity index (χ1) is 10.1. The Bertz CT molecular complexity index is 604. The molecule has 0 amide bonds. The third-order valence-electron chi connectivity index (χ3n) is 3.92. The Morgan fingerprint density at radius 1 is 1.24 bits per heavy atom. The van der Waals surface area contributed by atoms with Crippen molar-refractivity contribution >= 4 is 11.6 Å². The Kier molecular flexibility index (Phi) is 5.43. The summed E-state index contributed by atoms with van der Waals surface area (Å²) in [7, 11) is 0. The molecule has 0 bridgehead atoms. The number of rotatable bonds is 6. The molecular formula is C17H24ClN3. The van der Waals surface area contributed by atoms with Gasteiger partial charge in [0.1, 0.15) is 0 Å². The molecular weight excluding hydrogens is 282 g/mol. The molecule has 0 saturated carbocycles. The van der Waals surface area contributed by atoms with Crippen LogP contribution in [0.1, 0.15) is 42.3 Å². The van der Waals surface area contributed by atoms with E-state index in [2.05, 4.69) is 56.3 Å². The van der Waals surface area contributed by atoms with Gasteiger partial charge in [0.05, 0.1) is 23.0 Å². The lowest BCUT2D eigenvalue weighted by Crippen LogP contribution is -2.26.